The van der Waals surface area contributed by atoms with Crippen LogP contribution in [-0.2, 0) is 4.74 Å². The van der Waals surface area contributed by atoms with Gasteiger partial charge in [0.25, 0.3) is 0 Å². The zero-order valence-corrected chi connectivity index (χ0v) is 17.1. The van der Waals surface area contributed by atoms with E-state index < -0.39 is 0 Å². The van der Waals surface area contributed by atoms with Crippen LogP contribution in [0, 0.1) is 0 Å². The smallest absolute Gasteiger partial charge is 0.191 e. The molecule has 6 heteroatoms. The minimum absolute atomic E-state index is 0.805. The van der Waals surface area contributed by atoms with Crippen LogP contribution in [-0.4, -0.2) is 87.9 Å². The fourth-order valence-corrected chi connectivity index (χ4v) is 3.89. The third-order valence-electron chi connectivity index (χ3n) is 5.53. The lowest BCUT2D eigenvalue weighted by Gasteiger charge is -2.31. The standard InChI is InChI=1S/C20H41N5O/c1-3-21-20(23-12-8-14-25-15-17-26-18-16-25)22-11-7-13-24(2)19-9-5-4-6-10-19/h19H,3-18H2,1-2H3,(H2,21,22,23). The van der Waals surface area contributed by atoms with Crippen molar-refractivity contribution >= 4 is 5.96 Å². The second kappa shape index (κ2) is 13.3. The highest BCUT2D eigenvalue weighted by atomic mass is 16.5. The number of morpholine rings is 1. The van der Waals surface area contributed by atoms with Crippen LogP contribution in [0.1, 0.15) is 51.9 Å². The Bertz CT molecular complexity index is 378. The van der Waals surface area contributed by atoms with E-state index in [9.17, 15) is 0 Å². The van der Waals surface area contributed by atoms with Gasteiger partial charge in [0.05, 0.1) is 13.2 Å². The van der Waals surface area contributed by atoms with E-state index >= 15 is 0 Å². The van der Waals surface area contributed by atoms with Crippen molar-refractivity contribution in [1.29, 1.82) is 0 Å². The van der Waals surface area contributed by atoms with E-state index in [1.54, 1.807) is 0 Å². The van der Waals surface area contributed by atoms with Crippen LogP contribution >= 0.6 is 0 Å². The van der Waals surface area contributed by atoms with Gasteiger partial charge in [-0.3, -0.25) is 9.89 Å². The van der Waals surface area contributed by atoms with E-state index in [0.717, 1.165) is 83.9 Å². The maximum absolute atomic E-state index is 5.40. The van der Waals surface area contributed by atoms with Crippen LogP contribution in [0.5, 0.6) is 0 Å². The van der Waals surface area contributed by atoms with Crippen LogP contribution in [0.15, 0.2) is 4.99 Å². The fourth-order valence-electron chi connectivity index (χ4n) is 3.89. The quantitative estimate of drug-likeness (QED) is 0.351. The number of nitrogens with one attached hydrogen (secondary N) is 2. The fraction of sp³-hybridized carbons (Fsp3) is 0.950. The van der Waals surface area contributed by atoms with Crippen molar-refractivity contribution in [3.8, 4) is 0 Å². The molecule has 2 aliphatic rings. The van der Waals surface area contributed by atoms with Crippen molar-refractivity contribution in [2.45, 2.75) is 57.9 Å². The second-order valence-electron chi connectivity index (χ2n) is 7.62. The van der Waals surface area contributed by atoms with Crippen LogP contribution in [0.4, 0.5) is 0 Å². The summed E-state index contributed by atoms with van der Waals surface area (Å²) >= 11 is 0. The Kier molecular flexibility index (Phi) is 11.0. The van der Waals surface area contributed by atoms with Crippen LogP contribution in [0.25, 0.3) is 0 Å². The summed E-state index contributed by atoms with van der Waals surface area (Å²) < 4.78 is 5.40. The minimum atomic E-state index is 0.805. The Morgan fingerprint density at radius 3 is 2.62 bits per heavy atom. The Balaban J connectivity index is 1.57. The monoisotopic (exact) mass is 367 g/mol. The van der Waals surface area contributed by atoms with E-state index in [1.807, 2.05) is 0 Å². The highest BCUT2D eigenvalue weighted by Crippen LogP contribution is 2.21. The molecule has 6 nitrogen and oxygen atoms in total. The molecule has 0 spiro atoms. The zero-order chi connectivity index (χ0) is 18.5. The molecular weight excluding hydrogens is 326 g/mol. The molecule has 0 aromatic carbocycles. The van der Waals surface area contributed by atoms with Gasteiger partial charge in [0.2, 0.25) is 0 Å². The molecule has 0 bridgehead atoms. The van der Waals surface area contributed by atoms with Gasteiger partial charge in [0, 0.05) is 38.8 Å². The van der Waals surface area contributed by atoms with Crippen molar-refractivity contribution in [1.82, 2.24) is 20.4 Å². The Hall–Kier alpha value is -0.850. The van der Waals surface area contributed by atoms with Gasteiger partial charge in [-0.05, 0) is 52.7 Å². The maximum atomic E-state index is 5.40. The summed E-state index contributed by atoms with van der Waals surface area (Å²) in [5.74, 6) is 0.967. The summed E-state index contributed by atoms with van der Waals surface area (Å²) in [5.41, 5.74) is 0. The van der Waals surface area contributed by atoms with Crippen molar-refractivity contribution in [3.63, 3.8) is 0 Å². The molecule has 2 N–H and O–H groups in total. The molecule has 1 saturated heterocycles. The van der Waals surface area contributed by atoms with Crippen LogP contribution < -0.4 is 10.6 Å². The number of rotatable bonds is 10. The first kappa shape index (κ1) is 21.5. The number of nitrogens with zero attached hydrogens (tertiary/aromatic N) is 3. The molecule has 1 saturated carbocycles. The average molecular weight is 368 g/mol. The molecule has 0 atom stereocenters. The molecular formula is C20H41N5O. The zero-order valence-electron chi connectivity index (χ0n) is 17.1. The summed E-state index contributed by atoms with van der Waals surface area (Å²) in [7, 11) is 2.29. The minimum Gasteiger partial charge on any atom is -0.379 e. The molecule has 1 heterocycles. The Labute approximate surface area is 160 Å². The third kappa shape index (κ3) is 8.69. The lowest BCUT2D eigenvalue weighted by molar-refractivity contribution is 0.0376. The second-order valence-corrected chi connectivity index (χ2v) is 7.62. The molecule has 26 heavy (non-hydrogen) atoms. The van der Waals surface area contributed by atoms with Crippen molar-refractivity contribution in [2.24, 2.45) is 4.99 Å². The van der Waals surface area contributed by atoms with Crippen molar-refractivity contribution in [2.75, 3.05) is 66.1 Å². The number of hydrogen-bond donors (Lipinski definition) is 2. The highest BCUT2D eigenvalue weighted by molar-refractivity contribution is 5.79. The van der Waals surface area contributed by atoms with Gasteiger partial charge < -0.3 is 20.3 Å². The maximum Gasteiger partial charge on any atom is 0.191 e. The van der Waals surface area contributed by atoms with E-state index in [1.165, 1.54) is 32.1 Å². The highest BCUT2D eigenvalue weighted by Gasteiger charge is 2.17. The van der Waals surface area contributed by atoms with Crippen molar-refractivity contribution in [3.05, 3.63) is 0 Å². The lowest BCUT2D eigenvalue weighted by Crippen LogP contribution is -2.41. The molecule has 2 fully saturated rings. The number of guanidine groups is 1. The lowest BCUT2D eigenvalue weighted by atomic mass is 9.94. The normalized spacial score (nSPS) is 20.5. The largest absolute Gasteiger partial charge is 0.379 e. The summed E-state index contributed by atoms with van der Waals surface area (Å²) in [6, 6.07) is 0.805. The predicted octanol–water partition coefficient (Wildman–Crippen LogP) is 1.92. The van der Waals surface area contributed by atoms with Gasteiger partial charge in [-0.1, -0.05) is 19.3 Å². The van der Waals surface area contributed by atoms with Crippen molar-refractivity contribution < 1.29 is 4.74 Å². The number of hydrogen-bond acceptors (Lipinski definition) is 4. The van der Waals surface area contributed by atoms with Gasteiger partial charge in [-0.25, -0.2) is 0 Å². The Morgan fingerprint density at radius 1 is 1.12 bits per heavy atom. The van der Waals surface area contributed by atoms with Crippen LogP contribution in [0.3, 0.4) is 0 Å². The summed E-state index contributed by atoms with van der Waals surface area (Å²) in [4.78, 5) is 9.78. The summed E-state index contributed by atoms with van der Waals surface area (Å²) in [6.45, 7) is 11.1. The first-order valence-electron chi connectivity index (χ1n) is 10.8. The topological polar surface area (TPSA) is 52.1 Å². The molecule has 1 aliphatic heterocycles. The van der Waals surface area contributed by atoms with E-state index in [0.29, 0.717) is 0 Å². The molecule has 2 rings (SSSR count). The van der Waals surface area contributed by atoms with E-state index in [4.69, 9.17) is 9.73 Å². The van der Waals surface area contributed by atoms with Crippen LogP contribution in [0.2, 0.25) is 0 Å². The van der Waals surface area contributed by atoms with Gasteiger partial charge in [0.15, 0.2) is 5.96 Å². The molecule has 152 valence electrons. The number of aliphatic imine (C=N–C) groups is 1. The predicted molar refractivity (Wildman–Crippen MR) is 110 cm³/mol. The van der Waals surface area contributed by atoms with E-state index in [2.05, 4.69) is 34.4 Å². The number of ether oxygens (including phenoxy) is 1. The van der Waals surface area contributed by atoms with Gasteiger partial charge in [-0.15, -0.1) is 0 Å². The molecule has 0 aromatic heterocycles. The average Bonchev–Trinajstić information content (AvgIpc) is 2.69. The van der Waals surface area contributed by atoms with Gasteiger partial charge in [-0.2, -0.15) is 0 Å². The molecule has 0 aromatic rings. The molecule has 0 amide bonds. The molecule has 0 radical (unpaired) electrons. The first-order valence-corrected chi connectivity index (χ1v) is 10.8. The summed E-state index contributed by atoms with van der Waals surface area (Å²) in [5, 5.41) is 6.84. The third-order valence-corrected chi connectivity index (χ3v) is 5.53. The van der Waals surface area contributed by atoms with Gasteiger partial charge >= 0.3 is 0 Å². The molecule has 0 unspecified atom stereocenters. The Morgan fingerprint density at radius 2 is 1.88 bits per heavy atom. The first-order chi connectivity index (χ1) is 12.8. The van der Waals surface area contributed by atoms with Gasteiger partial charge in [0.1, 0.15) is 0 Å². The van der Waals surface area contributed by atoms with E-state index in [-0.39, 0.29) is 0 Å². The summed E-state index contributed by atoms with van der Waals surface area (Å²) in [6.07, 6.45) is 9.29. The molecule has 1 aliphatic carbocycles. The SMILES string of the molecule is CCNC(=NCCCN(C)C1CCCCC1)NCCCN1CCOCC1.